The fourth-order valence-electron chi connectivity index (χ4n) is 1.93. The summed E-state index contributed by atoms with van der Waals surface area (Å²) >= 11 is 1.24. The predicted octanol–water partition coefficient (Wildman–Crippen LogP) is -3.62. The van der Waals surface area contributed by atoms with Crippen molar-refractivity contribution in [2.75, 3.05) is 0 Å². The SMILES string of the molecule is Cc1nnc(/C=C2\C(=O)N3C(C(=O)[O-])=CS[C@H]23)nc1C.[Na+]. The largest absolute Gasteiger partial charge is 1.00 e. The zero-order valence-electron chi connectivity index (χ0n) is 11.7. The molecule has 0 N–H and O–H groups in total. The number of nitrogens with zero attached hydrogens (tertiary/aromatic N) is 4. The molecule has 1 amide bonds. The second kappa shape index (κ2) is 5.88. The van der Waals surface area contributed by atoms with Crippen molar-refractivity contribution in [3.05, 3.63) is 33.9 Å². The van der Waals surface area contributed by atoms with E-state index in [0.717, 1.165) is 11.4 Å². The number of β-lactam (4-membered cyclic amide) rings is 1. The Morgan fingerprint density at radius 1 is 1.38 bits per heavy atom. The molecule has 102 valence electrons. The van der Waals surface area contributed by atoms with Gasteiger partial charge in [0.1, 0.15) is 5.37 Å². The Bertz CT molecular complexity index is 704. The summed E-state index contributed by atoms with van der Waals surface area (Å²) in [7, 11) is 0. The van der Waals surface area contributed by atoms with E-state index < -0.39 is 5.97 Å². The molecule has 0 radical (unpaired) electrons. The molecule has 0 bridgehead atoms. The minimum atomic E-state index is -1.35. The second-order valence-corrected chi connectivity index (χ2v) is 5.35. The van der Waals surface area contributed by atoms with E-state index in [2.05, 4.69) is 15.2 Å². The van der Waals surface area contributed by atoms with Gasteiger partial charge in [0, 0.05) is 0 Å². The molecule has 0 spiro atoms. The molecule has 1 aromatic heterocycles. The predicted molar refractivity (Wildman–Crippen MR) is 68.6 cm³/mol. The number of aromatic nitrogens is 3. The number of thioether (sulfide) groups is 1. The summed E-state index contributed by atoms with van der Waals surface area (Å²) in [5.74, 6) is -1.37. The van der Waals surface area contributed by atoms with Gasteiger partial charge in [0.2, 0.25) is 0 Å². The normalized spacial score (nSPS) is 21.5. The summed E-state index contributed by atoms with van der Waals surface area (Å²) in [6.45, 7) is 3.60. The maximum atomic E-state index is 12.0. The minimum absolute atomic E-state index is 0. The maximum Gasteiger partial charge on any atom is 1.00 e. The molecule has 2 aliphatic rings. The average Bonchev–Trinajstić information content (AvgIpc) is 2.80. The van der Waals surface area contributed by atoms with E-state index in [4.69, 9.17) is 0 Å². The quantitative estimate of drug-likeness (QED) is 0.316. The molecule has 1 fully saturated rings. The Kier molecular flexibility index (Phi) is 4.52. The maximum absolute atomic E-state index is 12.0. The van der Waals surface area contributed by atoms with Gasteiger partial charge in [-0.25, -0.2) is 4.98 Å². The molecular weight excluding hydrogens is 303 g/mol. The smallest absolute Gasteiger partial charge is 0.543 e. The molecule has 3 heterocycles. The third-order valence-electron chi connectivity index (χ3n) is 3.14. The van der Waals surface area contributed by atoms with Crippen molar-refractivity contribution in [2.45, 2.75) is 19.2 Å². The Morgan fingerprint density at radius 2 is 2.10 bits per heavy atom. The van der Waals surface area contributed by atoms with Gasteiger partial charge in [-0.2, -0.15) is 5.10 Å². The summed E-state index contributed by atoms with van der Waals surface area (Å²) in [6, 6.07) is 0. The topological polar surface area (TPSA) is 99.1 Å². The van der Waals surface area contributed by atoms with Crippen molar-refractivity contribution in [2.24, 2.45) is 0 Å². The number of carboxylic acid groups (broad SMARTS) is 1. The number of amides is 1. The van der Waals surface area contributed by atoms with Crippen LogP contribution in [0.1, 0.15) is 17.2 Å². The van der Waals surface area contributed by atoms with Gasteiger partial charge in [0.05, 0.1) is 28.6 Å². The van der Waals surface area contributed by atoms with Gasteiger partial charge in [0.15, 0.2) is 5.82 Å². The number of aliphatic carboxylic acids is 1. The Labute approximate surface area is 146 Å². The summed E-state index contributed by atoms with van der Waals surface area (Å²) in [5, 5.41) is 19.8. The van der Waals surface area contributed by atoms with Gasteiger partial charge >= 0.3 is 29.6 Å². The van der Waals surface area contributed by atoms with Crippen LogP contribution in [0, 0.1) is 13.8 Å². The molecule has 3 rings (SSSR count). The van der Waals surface area contributed by atoms with E-state index in [-0.39, 0.29) is 46.5 Å². The fraction of sp³-hybridized carbons (Fsp3) is 0.250. The van der Waals surface area contributed by atoms with Crippen molar-refractivity contribution in [3.63, 3.8) is 0 Å². The second-order valence-electron chi connectivity index (χ2n) is 4.39. The standard InChI is InChI=1S/C12H10N4O3S.Na/c1-5-6(2)14-15-9(13-5)3-7-10(17)16-8(12(18)19)4-20-11(7)16;/h3-4,11H,1-2H3,(H,18,19);/q;+1/p-1/b7-3+;/t11-;/m1./s1. The number of rotatable bonds is 2. The number of hydrogen-bond acceptors (Lipinski definition) is 7. The van der Waals surface area contributed by atoms with Crippen LogP contribution in [0.2, 0.25) is 0 Å². The third kappa shape index (κ3) is 2.64. The first kappa shape index (κ1) is 16.2. The third-order valence-corrected chi connectivity index (χ3v) is 4.22. The van der Waals surface area contributed by atoms with E-state index in [9.17, 15) is 14.7 Å². The van der Waals surface area contributed by atoms with Crippen LogP contribution < -0.4 is 34.7 Å². The van der Waals surface area contributed by atoms with Crippen LogP contribution >= 0.6 is 11.8 Å². The summed E-state index contributed by atoms with van der Waals surface area (Å²) < 4.78 is 0. The molecule has 0 saturated carbocycles. The van der Waals surface area contributed by atoms with Gasteiger partial charge in [0.25, 0.3) is 5.91 Å². The van der Waals surface area contributed by atoms with Crippen molar-refractivity contribution >= 4 is 29.7 Å². The first-order chi connectivity index (χ1) is 9.49. The Morgan fingerprint density at radius 3 is 2.71 bits per heavy atom. The summed E-state index contributed by atoms with van der Waals surface area (Å²) in [5.41, 5.74) is 1.83. The van der Waals surface area contributed by atoms with E-state index in [1.165, 1.54) is 22.1 Å². The van der Waals surface area contributed by atoms with Crippen LogP contribution in [-0.4, -0.2) is 37.3 Å². The number of carbonyl (C=O) groups excluding carboxylic acids is 2. The molecule has 1 aromatic rings. The molecule has 0 aliphatic carbocycles. The molecule has 21 heavy (non-hydrogen) atoms. The molecule has 1 saturated heterocycles. The molecule has 2 aliphatic heterocycles. The molecule has 1 atom stereocenters. The van der Waals surface area contributed by atoms with Crippen molar-refractivity contribution < 1.29 is 44.3 Å². The molecule has 0 aromatic carbocycles. The van der Waals surface area contributed by atoms with Gasteiger partial charge in [-0.05, 0) is 25.3 Å². The molecule has 0 unspecified atom stereocenters. The zero-order chi connectivity index (χ0) is 14.4. The minimum Gasteiger partial charge on any atom is -0.543 e. The van der Waals surface area contributed by atoms with Crippen LogP contribution in [0.3, 0.4) is 0 Å². The molecule has 7 nitrogen and oxygen atoms in total. The van der Waals surface area contributed by atoms with Crippen molar-refractivity contribution in [3.8, 4) is 0 Å². The van der Waals surface area contributed by atoms with Crippen molar-refractivity contribution in [1.82, 2.24) is 20.1 Å². The van der Waals surface area contributed by atoms with E-state index >= 15 is 0 Å². The molecule has 9 heteroatoms. The Hall–Kier alpha value is -1.22. The Balaban J connectivity index is 0.00000161. The zero-order valence-corrected chi connectivity index (χ0v) is 14.5. The monoisotopic (exact) mass is 312 g/mol. The van der Waals surface area contributed by atoms with Gasteiger partial charge in [-0.15, -0.1) is 16.9 Å². The molecular formula is C12H9N4NaO3S. The van der Waals surface area contributed by atoms with E-state index in [1.807, 2.05) is 0 Å². The number of hydrogen-bond donors (Lipinski definition) is 0. The van der Waals surface area contributed by atoms with Crippen LogP contribution in [0.5, 0.6) is 0 Å². The average molecular weight is 312 g/mol. The fourth-order valence-corrected chi connectivity index (χ4v) is 3.05. The van der Waals surface area contributed by atoms with Crippen LogP contribution in [-0.2, 0) is 9.59 Å². The first-order valence-electron chi connectivity index (χ1n) is 5.79. The van der Waals surface area contributed by atoms with E-state index in [1.54, 1.807) is 19.9 Å². The van der Waals surface area contributed by atoms with Crippen LogP contribution in [0.4, 0.5) is 0 Å². The van der Waals surface area contributed by atoms with Crippen LogP contribution in [0.25, 0.3) is 6.08 Å². The van der Waals surface area contributed by atoms with Crippen molar-refractivity contribution in [1.29, 1.82) is 0 Å². The van der Waals surface area contributed by atoms with E-state index in [0.29, 0.717) is 11.4 Å². The van der Waals surface area contributed by atoms with Crippen LogP contribution in [0.15, 0.2) is 16.7 Å². The summed E-state index contributed by atoms with van der Waals surface area (Å²) in [6.07, 6.45) is 1.54. The number of fused-ring (bicyclic) bond motifs is 1. The number of aryl methyl sites for hydroxylation is 2. The van der Waals surface area contributed by atoms with Gasteiger partial charge < -0.3 is 9.90 Å². The first-order valence-corrected chi connectivity index (χ1v) is 6.73. The van der Waals surface area contributed by atoms with Gasteiger partial charge in [-0.3, -0.25) is 9.69 Å². The number of carbonyl (C=O) groups is 2. The summed E-state index contributed by atoms with van der Waals surface area (Å²) in [4.78, 5) is 28.2. The van der Waals surface area contributed by atoms with Gasteiger partial charge in [-0.1, -0.05) is 0 Å². The number of carboxylic acids is 1.